The molecular weight excluding hydrogens is 278 g/mol. The van der Waals surface area contributed by atoms with Crippen molar-refractivity contribution in [3.05, 3.63) is 0 Å². The summed E-state index contributed by atoms with van der Waals surface area (Å²) >= 11 is 0. The van der Waals surface area contributed by atoms with Gasteiger partial charge in [0.15, 0.2) is 0 Å². The first kappa shape index (κ1) is 15.6. The topological polar surface area (TPSA) is 78.5 Å². The highest BCUT2D eigenvalue weighted by Gasteiger charge is 2.31. The van der Waals surface area contributed by atoms with Crippen molar-refractivity contribution < 1.29 is 13.2 Å². The molecule has 2 fully saturated rings. The Labute approximate surface area is 121 Å². The van der Waals surface area contributed by atoms with Crippen LogP contribution in [0.4, 0.5) is 4.79 Å². The van der Waals surface area contributed by atoms with Crippen molar-refractivity contribution in [1.29, 1.82) is 0 Å². The Hall–Kier alpha value is -0.820. The predicted octanol–water partition coefficient (Wildman–Crippen LogP) is 1.04. The minimum absolute atomic E-state index is 0.0953. The minimum atomic E-state index is -3.17. The predicted molar refractivity (Wildman–Crippen MR) is 78.0 cm³/mol. The molecule has 6 nitrogen and oxygen atoms in total. The molecule has 2 amide bonds. The van der Waals surface area contributed by atoms with Gasteiger partial charge in [0, 0.05) is 25.2 Å². The summed E-state index contributed by atoms with van der Waals surface area (Å²) in [5, 5.41) is 5.80. The number of amides is 2. The number of rotatable bonds is 4. The van der Waals surface area contributed by atoms with E-state index in [0.717, 1.165) is 25.7 Å². The molecule has 0 aromatic rings. The van der Waals surface area contributed by atoms with Crippen LogP contribution >= 0.6 is 0 Å². The molecule has 2 N–H and O–H groups in total. The second kappa shape index (κ2) is 6.76. The maximum absolute atomic E-state index is 11.8. The van der Waals surface area contributed by atoms with Crippen molar-refractivity contribution in [2.45, 2.75) is 57.0 Å². The van der Waals surface area contributed by atoms with E-state index in [1.807, 2.05) is 0 Å². The number of hydrogen-bond acceptors (Lipinski definition) is 3. The summed E-state index contributed by atoms with van der Waals surface area (Å²) in [7, 11) is -3.17. The first-order chi connectivity index (χ1) is 9.47. The molecule has 1 saturated heterocycles. The third-order valence-electron chi connectivity index (χ3n) is 4.19. The molecule has 1 aliphatic heterocycles. The van der Waals surface area contributed by atoms with Crippen LogP contribution in [-0.4, -0.2) is 50.2 Å². The van der Waals surface area contributed by atoms with Gasteiger partial charge in [0.05, 0.1) is 6.26 Å². The maximum Gasteiger partial charge on any atom is 0.315 e. The average molecular weight is 303 g/mol. The standard InChI is InChI=1S/C13H25N3O3S/c1-20(18,19)16-9-5-8-12(16)10-14-13(17)15-11-6-3-2-4-7-11/h11-12H,2-10H2,1H3,(H2,14,15,17). The Kier molecular flexibility index (Phi) is 5.26. The number of urea groups is 1. The zero-order chi connectivity index (χ0) is 14.6. The molecule has 0 spiro atoms. The third-order valence-corrected chi connectivity index (χ3v) is 5.52. The molecule has 1 heterocycles. The number of nitrogens with zero attached hydrogens (tertiary/aromatic N) is 1. The summed E-state index contributed by atoms with van der Waals surface area (Å²) in [4.78, 5) is 11.8. The molecular formula is C13H25N3O3S. The number of hydrogen-bond donors (Lipinski definition) is 2. The molecule has 1 aliphatic carbocycles. The van der Waals surface area contributed by atoms with Crippen LogP contribution in [0.2, 0.25) is 0 Å². The zero-order valence-corrected chi connectivity index (χ0v) is 12.9. The lowest BCUT2D eigenvalue weighted by atomic mass is 9.96. The Bertz CT molecular complexity index is 432. The van der Waals surface area contributed by atoms with Crippen LogP contribution in [0.15, 0.2) is 0 Å². The van der Waals surface area contributed by atoms with E-state index < -0.39 is 10.0 Å². The molecule has 7 heteroatoms. The molecule has 1 atom stereocenters. The van der Waals surface area contributed by atoms with Crippen LogP contribution in [0, 0.1) is 0 Å². The molecule has 0 bridgehead atoms. The lowest BCUT2D eigenvalue weighted by molar-refractivity contribution is 0.230. The van der Waals surface area contributed by atoms with Gasteiger partial charge in [0.1, 0.15) is 0 Å². The molecule has 0 aromatic carbocycles. The summed E-state index contributed by atoms with van der Waals surface area (Å²) in [5.74, 6) is 0. The highest BCUT2D eigenvalue weighted by Crippen LogP contribution is 2.20. The fourth-order valence-electron chi connectivity index (χ4n) is 3.14. The van der Waals surface area contributed by atoms with Gasteiger partial charge in [-0.25, -0.2) is 13.2 Å². The molecule has 20 heavy (non-hydrogen) atoms. The lowest BCUT2D eigenvalue weighted by Crippen LogP contribution is -2.48. The molecule has 0 aromatic heterocycles. The Morgan fingerprint density at radius 1 is 1.15 bits per heavy atom. The van der Waals surface area contributed by atoms with Gasteiger partial charge in [-0.05, 0) is 25.7 Å². The summed E-state index contributed by atoms with van der Waals surface area (Å²) in [6.45, 7) is 0.959. The van der Waals surface area contributed by atoms with E-state index in [9.17, 15) is 13.2 Å². The SMILES string of the molecule is CS(=O)(=O)N1CCCC1CNC(=O)NC1CCCCC1. The second-order valence-electron chi connectivity index (χ2n) is 5.86. The van der Waals surface area contributed by atoms with Gasteiger partial charge in [-0.1, -0.05) is 19.3 Å². The minimum Gasteiger partial charge on any atom is -0.337 e. The Morgan fingerprint density at radius 3 is 2.50 bits per heavy atom. The van der Waals surface area contributed by atoms with Crippen molar-refractivity contribution in [1.82, 2.24) is 14.9 Å². The third kappa shape index (κ3) is 4.34. The van der Waals surface area contributed by atoms with E-state index in [-0.39, 0.29) is 18.1 Å². The summed E-state index contributed by atoms with van der Waals surface area (Å²) in [5.41, 5.74) is 0. The van der Waals surface area contributed by atoms with Crippen LogP contribution in [0.1, 0.15) is 44.9 Å². The highest BCUT2D eigenvalue weighted by atomic mass is 32.2. The number of carbonyl (C=O) groups excluding carboxylic acids is 1. The van der Waals surface area contributed by atoms with Crippen LogP contribution in [0.25, 0.3) is 0 Å². The van der Waals surface area contributed by atoms with Crippen LogP contribution in [0.5, 0.6) is 0 Å². The van der Waals surface area contributed by atoms with Gasteiger partial charge in [-0.2, -0.15) is 4.31 Å². The summed E-state index contributed by atoms with van der Waals surface area (Å²) in [6.07, 6.45) is 8.61. The van der Waals surface area contributed by atoms with E-state index in [2.05, 4.69) is 10.6 Å². The Balaban J connectivity index is 1.75. The zero-order valence-electron chi connectivity index (χ0n) is 12.1. The molecule has 2 rings (SSSR count). The number of carbonyl (C=O) groups is 1. The fourth-order valence-corrected chi connectivity index (χ4v) is 4.33. The smallest absolute Gasteiger partial charge is 0.315 e. The van der Waals surface area contributed by atoms with Crippen LogP contribution in [-0.2, 0) is 10.0 Å². The summed E-state index contributed by atoms with van der Waals surface area (Å²) in [6, 6.07) is 0.0118. The molecule has 1 saturated carbocycles. The highest BCUT2D eigenvalue weighted by molar-refractivity contribution is 7.88. The van der Waals surface area contributed by atoms with Crippen molar-refractivity contribution in [2.24, 2.45) is 0 Å². The molecule has 0 radical (unpaired) electrons. The quantitative estimate of drug-likeness (QED) is 0.814. The lowest BCUT2D eigenvalue weighted by Gasteiger charge is -2.25. The normalized spacial score (nSPS) is 25.6. The van der Waals surface area contributed by atoms with Crippen molar-refractivity contribution in [2.75, 3.05) is 19.3 Å². The first-order valence-electron chi connectivity index (χ1n) is 7.48. The fraction of sp³-hybridized carbons (Fsp3) is 0.923. The van der Waals surface area contributed by atoms with E-state index in [0.29, 0.717) is 13.1 Å². The largest absolute Gasteiger partial charge is 0.337 e. The summed E-state index contributed by atoms with van der Waals surface area (Å²) < 4.78 is 24.7. The van der Waals surface area contributed by atoms with Gasteiger partial charge in [-0.3, -0.25) is 0 Å². The number of nitrogens with one attached hydrogen (secondary N) is 2. The van der Waals surface area contributed by atoms with Crippen molar-refractivity contribution in [3.63, 3.8) is 0 Å². The first-order valence-corrected chi connectivity index (χ1v) is 9.33. The van der Waals surface area contributed by atoms with Gasteiger partial charge >= 0.3 is 6.03 Å². The van der Waals surface area contributed by atoms with Crippen molar-refractivity contribution >= 4 is 16.1 Å². The molecule has 2 aliphatic rings. The number of sulfonamides is 1. The maximum atomic E-state index is 11.8. The van der Waals surface area contributed by atoms with Gasteiger partial charge in [0.2, 0.25) is 10.0 Å². The van der Waals surface area contributed by atoms with Crippen LogP contribution in [0.3, 0.4) is 0 Å². The second-order valence-corrected chi connectivity index (χ2v) is 7.79. The Morgan fingerprint density at radius 2 is 1.85 bits per heavy atom. The van der Waals surface area contributed by atoms with E-state index in [4.69, 9.17) is 0 Å². The monoisotopic (exact) mass is 303 g/mol. The van der Waals surface area contributed by atoms with Crippen LogP contribution < -0.4 is 10.6 Å². The van der Waals surface area contributed by atoms with E-state index in [1.54, 1.807) is 0 Å². The van der Waals surface area contributed by atoms with Gasteiger partial charge in [0.25, 0.3) is 0 Å². The van der Waals surface area contributed by atoms with Gasteiger partial charge < -0.3 is 10.6 Å². The van der Waals surface area contributed by atoms with E-state index >= 15 is 0 Å². The molecule has 116 valence electrons. The van der Waals surface area contributed by atoms with Gasteiger partial charge in [-0.15, -0.1) is 0 Å². The van der Waals surface area contributed by atoms with Crippen molar-refractivity contribution in [3.8, 4) is 0 Å². The molecule has 1 unspecified atom stereocenters. The van der Waals surface area contributed by atoms with E-state index in [1.165, 1.54) is 29.8 Å². The average Bonchev–Trinajstić information content (AvgIpc) is 2.86.